The maximum absolute atomic E-state index is 12.9. The maximum Gasteiger partial charge on any atom is 0.273 e. The van der Waals surface area contributed by atoms with E-state index in [2.05, 4.69) is 46.6 Å². The van der Waals surface area contributed by atoms with Crippen LogP contribution in [-0.2, 0) is 12.0 Å². The Labute approximate surface area is 216 Å². The molecule has 37 heavy (non-hydrogen) atoms. The lowest BCUT2D eigenvalue weighted by Gasteiger charge is -2.33. The third-order valence-corrected chi connectivity index (χ3v) is 6.41. The van der Waals surface area contributed by atoms with E-state index < -0.39 is 5.91 Å². The Morgan fingerprint density at radius 2 is 1.76 bits per heavy atom. The normalized spacial score (nSPS) is 15.8. The summed E-state index contributed by atoms with van der Waals surface area (Å²) < 4.78 is 0. The second-order valence-corrected chi connectivity index (χ2v) is 10.3. The van der Waals surface area contributed by atoms with Gasteiger partial charge in [0, 0.05) is 36.9 Å². The van der Waals surface area contributed by atoms with Gasteiger partial charge in [0.2, 0.25) is 5.95 Å². The van der Waals surface area contributed by atoms with Crippen molar-refractivity contribution < 1.29 is 9.59 Å². The Hall–Kier alpha value is -4.05. The van der Waals surface area contributed by atoms with Crippen LogP contribution in [0.25, 0.3) is 0 Å². The zero-order valence-corrected chi connectivity index (χ0v) is 21.5. The minimum absolute atomic E-state index is 0.0264. The average molecular weight is 503 g/mol. The van der Waals surface area contributed by atoms with E-state index in [-0.39, 0.29) is 28.9 Å². The van der Waals surface area contributed by atoms with Crippen LogP contribution in [0, 0.1) is 0 Å². The Balaban J connectivity index is 1.47. The van der Waals surface area contributed by atoms with Gasteiger partial charge in [-0.25, -0.2) is 0 Å². The van der Waals surface area contributed by atoms with Gasteiger partial charge in [-0.15, -0.1) is 10.2 Å². The Morgan fingerprint density at radius 3 is 2.38 bits per heavy atom. The molecule has 10 heteroatoms. The fourth-order valence-electron chi connectivity index (χ4n) is 4.23. The zero-order valence-electron chi connectivity index (χ0n) is 21.5. The zero-order chi connectivity index (χ0) is 26.6. The highest BCUT2D eigenvalue weighted by atomic mass is 16.2. The van der Waals surface area contributed by atoms with Crippen LogP contribution in [0.1, 0.15) is 65.6 Å². The summed E-state index contributed by atoms with van der Waals surface area (Å²) in [6.07, 6.45) is 1.69. The molecule has 4 rings (SSSR count). The smallest absolute Gasteiger partial charge is 0.273 e. The van der Waals surface area contributed by atoms with Crippen LogP contribution in [0.3, 0.4) is 0 Å². The third kappa shape index (κ3) is 6.39. The molecule has 2 heterocycles. The average Bonchev–Trinajstić information content (AvgIpc) is 2.88. The number of amides is 2. The van der Waals surface area contributed by atoms with Crippen molar-refractivity contribution in [3.8, 4) is 0 Å². The number of nitrogens with one attached hydrogen (secondary N) is 2. The van der Waals surface area contributed by atoms with Crippen LogP contribution in [0.15, 0.2) is 48.5 Å². The summed E-state index contributed by atoms with van der Waals surface area (Å²) in [5.74, 6) is -0.254. The van der Waals surface area contributed by atoms with E-state index in [1.165, 1.54) is 5.56 Å². The molecule has 0 aliphatic carbocycles. The van der Waals surface area contributed by atoms with Gasteiger partial charge in [0.15, 0.2) is 11.5 Å². The summed E-state index contributed by atoms with van der Waals surface area (Å²) in [7, 11) is 0. The number of hydrogen-bond donors (Lipinski definition) is 4. The molecular formula is C27H34N8O2. The molecule has 6 N–H and O–H groups in total. The van der Waals surface area contributed by atoms with E-state index >= 15 is 0 Å². The van der Waals surface area contributed by atoms with Gasteiger partial charge in [-0.05, 0) is 53.6 Å². The van der Waals surface area contributed by atoms with Gasteiger partial charge < -0.3 is 27.0 Å². The molecule has 0 bridgehead atoms. The van der Waals surface area contributed by atoms with Crippen molar-refractivity contribution in [3.05, 3.63) is 70.9 Å². The standard InChI is InChI=1S/C27H34N8O2/c1-27(2,3)19-10-8-18(9-11-19)25(37)31-21-5-4-14-35(16-21)26-32-24(22(23(29)36)33-34-26)30-20-12-6-17(15-28)7-13-20/h6-13,21H,4-5,14-16,28H2,1-3H3,(H2,29,36)(H,31,37)(H,30,32,34)/t21-/m1/s1. The fraction of sp³-hybridized carbons (Fsp3) is 0.370. The predicted octanol–water partition coefficient (Wildman–Crippen LogP) is 2.87. The summed E-state index contributed by atoms with van der Waals surface area (Å²) in [6, 6.07) is 15.1. The summed E-state index contributed by atoms with van der Waals surface area (Å²) in [5, 5.41) is 14.4. The summed E-state index contributed by atoms with van der Waals surface area (Å²) in [5.41, 5.74) is 14.7. The lowest BCUT2D eigenvalue weighted by Crippen LogP contribution is -2.48. The second-order valence-electron chi connectivity index (χ2n) is 10.3. The highest BCUT2D eigenvalue weighted by Crippen LogP contribution is 2.24. The number of carbonyl (C=O) groups excluding carboxylic acids is 2. The number of carbonyl (C=O) groups is 2. The molecule has 1 aliphatic rings. The van der Waals surface area contributed by atoms with Gasteiger partial charge in [-0.3, -0.25) is 9.59 Å². The number of benzene rings is 2. The molecule has 2 aromatic carbocycles. The number of primary amides is 1. The molecule has 1 aromatic heterocycles. The first-order valence-electron chi connectivity index (χ1n) is 12.4. The fourth-order valence-corrected chi connectivity index (χ4v) is 4.23. The van der Waals surface area contributed by atoms with Crippen LogP contribution < -0.4 is 27.0 Å². The summed E-state index contributed by atoms with van der Waals surface area (Å²) in [6.45, 7) is 8.09. The van der Waals surface area contributed by atoms with E-state index in [0.29, 0.717) is 36.8 Å². The molecule has 1 saturated heterocycles. The van der Waals surface area contributed by atoms with E-state index in [1.54, 1.807) is 0 Å². The second kappa shape index (κ2) is 10.9. The van der Waals surface area contributed by atoms with Gasteiger partial charge >= 0.3 is 0 Å². The van der Waals surface area contributed by atoms with Gasteiger partial charge in [-0.2, -0.15) is 4.98 Å². The van der Waals surface area contributed by atoms with Crippen LogP contribution >= 0.6 is 0 Å². The quantitative estimate of drug-likeness (QED) is 0.385. The van der Waals surface area contributed by atoms with Crippen LogP contribution in [0.5, 0.6) is 0 Å². The van der Waals surface area contributed by atoms with Crippen molar-refractivity contribution in [2.24, 2.45) is 11.5 Å². The molecular weight excluding hydrogens is 468 g/mol. The molecule has 0 saturated carbocycles. The molecule has 2 amide bonds. The third-order valence-electron chi connectivity index (χ3n) is 6.41. The molecule has 194 valence electrons. The monoisotopic (exact) mass is 502 g/mol. The number of nitrogens with zero attached hydrogens (tertiary/aromatic N) is 4. The lowest BCUT2D eigenvalue weighted by molar-refractivity contribution is 0.0931. The van der Waals surface area contributed by atoms with E-state index in [9.17, 15) is 9.59 Å². The highest BCUT2D eigenvalue weighted by Gasteiger charge is 2.26. The minimum atomic E-state index is -0.728. The van der Waals surface area contributed by atoms with Gasteiger partial charge in [0.25, 0.3) is 11.8 Å². The van der Waals surface area contributed by atoms with Crippen molar-refractivity contribution in [2.45, 2.75) is 51.6 Å². The molecule has 3 aromatic rings. The Kier molecular flexibility index (Phi) is 7.68. The molecule has 0 radical (unpaired) electrons. The number of piperidine rings is 1. The number of rotatable bonds is 7. The van der Waals surface area contributed by atoms with Gasteiger partial charge in [0.05, 0.1) is 0 Å². The van der Waals surface area contributed by atoms with Crippen LogP contribution in [-0.4, -0.2) is 46.1 Å². The topological polar surface area (TPSA) is 152 Å². The van der Waals surface area contributed by atoms with Crippen molar-refractivity contribution >= 4 is 29.3 Å². The number of aromatic nitrogens is 3. The first kappa shape index (κ1) is 26.0. The molecule has 1 fully saturated rings. The van der Waals surface area contributed by atoms with Crippen LogP contribution in [0.4, 0.5) is 17.5 Å². The summed E-state index contributed by atoms with van der Waals surface area (Å²) >= 11 is 0. The molecule has 0 spiro atoms. The van der Waals surface area contributed by atoms with E-state index in [0.717, 1.165) is 18.4 Å². The van der Waals surface area contributed by atoms with E-state index in [1.807, 2.05) is 53.4 Å². The Bertz CT molecular complexity index is 1250. The molecule has 10 nitrogen and oxygen atoms in total. The highest BCUT2D eigenvalue weighted by molar-refractivity contribution is 5.96. The first-order chi connectivity index (χ1) is 17.6. The largest absolute Gasteiger partial charge is 0.364 e. The van der Waals surface area contributed by atoms with E-state index in [4.69, 9.17) is 11.5 Å². The molecule has 1 aliphatic heterocycles. The van der Waals surface area contributed by atoms with Crippen molar-refractivity contribution in [1.82, 2.24) is 20.5 Å². The molecule has 1 atom stereocenters. The first-order valence-corrected chi connectivity index (χ1v) is 12.4. The molecule has 0 unspecified atom stereocenters. The number of hydrogen-bond acceptors (Lipinski definition) is 8. The predicted molar refractivity (Wildman–Crippen MR) is 144 cm³/mol. The SMILES string of the molecule is CC(C)(C)c1ccc(C(=O)N[C@@H]2CCCN(c3nnc(C(N)=O)c(Nc4ccc(CN)cc4)n3)C2)cc1. The maximum atomic E-state index is 12.9. The van der Waals surface area contributed by atoms with Crippen molar-refractivity contribution in [2.75, 3.05) is 23.3 Å². The van der Waals surface area contributed by atoms with Crippen molar-refractivity contribution in [1.29, 1.82) is 0 Å². The lowest BCUT2D eigenvalue weighted by atomic mass is 9.86. The van der Waals surface area contributed by atoms with Crippen molar-refractivity contribution in [3.63, 3.8) is 0 Å². The van der Waals surface area contributed by atoms with Gasteiger partial charge in [-0.1, -0.05) is 45.0 Å². The summed E-state index contributed by atoms with van der Waals surface area (Å²) in [4.78, 5) is 31.4. The Morgan fingerprint density at radius 1 is 1.05 bits per heavy atom. The van der Waals surface area contributed by atoms with Gasteiger partial charge in [0.1, 0.15) is 0 Å². The minimum Gasteiger partial charge on any atom is -0.364 e. The number of anilines is 3. The number of nitrogens with two attached hydrogens (primary N) is 2. The van der Waals surface area contributed by atoms with Crippen LogP contribution in [0.2, 0.25) is 0 Å².